The van der Waals surface area contributed by atoms with Gasteiger partial charge in [-0.2, -0.15) is 0 Å². The fourth-order valence-electron chi connectivity index (χ4n) is 4.25. The third-order valence-electron chi connectivity index (χ3n) is 6.15. The number of amides is 2. The van der Waals surface area contributed by atoms with Gasteiger partial charge in [-0.25, -0.2) is 0 Å². The first-order valence-electron chi connectivity index (χ1n) is 12.3. The second-order valence-corrected chi connectivity index (χ2v) is 8.89. The molecule has 1 atom stereocenters. The van der Waals surface area contributed by atoms with E-state index in [0.717, 1.165) is 29.9 Å². The SMILES string of the molecule is CC(=O)Oc1ccc(CC(NC(=O)c2ccccc2C)C(=O)Nc2ccccc2N2CCOCC2)cc1. The summed E-state index contributed by atoms with van der Waals surface area (Å²) in [4.78, 5) is 40.1. The predicted octanol–water partition coefficient (Wildman–Crippen LogP) is 3.74. The topological polar surface area (TPSA) is 97.0 Å². The molecule has 0 saturated carbocycles. The molecule has 8 nitrogen and oxygen atoms in total. The van der Waals surface area contributed by atoms with Crippen LogP contribution >= 0.6 is 0 Å². The molecule has 0 bridgehead atoms. The lowest BCUT2D eigenvalue weighted by molar-refractivity contribution is -0.131. The number of anilines is 2. The van der Waals surface area contributed by atoms with Gasteiger partial charge in [0.15, 0.2) is 0 Å². The van der Waals surface area contributed by atoms with Crippen molar-refractivity contribution in [2.45, 2.75) is 26.3 Å². The molecule has 37 heavy (non-hydrogen) atoms. The molecule has 1 fully saturated rings. The molecule has 1 saturated heterocycles. The number of benzene rings is 3. The molecule has 0 aromatic heterocycles. The predicted molar refractivity (Wildman–Crippen MR) is 142 cm³/mol. The number of ether oxygens (including phenoxy) is 2. The Balaban J connectivity index is 1.56. The number of carbonyl (C=O) groups is 3. The maximum absolute atomic E-state index is 13.6. The Hall–Kier alpha value is -4.17. The number of nitrogens with zero attached hydrogens (tertiary/aromatic N) is 1. The molecule has 3 aromatic carbocycles. The van der Waals surface area contributed by atoms with Crippen molar-refractivity contribution in [2.24, 2.45) is 0 Å². The van der Waals surface area contributed by atoms with Gasteiger partial charge in [-0.15, -0.1) is 0 Å². The van der Waals surface area contributed by atoms with Gasteiger partial charge in [0.25, 0.3) is 5.91 Å². The molecule has 1 aliphatic rings. The number of esters is 1. The van der Waals surface area contributed by atoms with E-state index in [9.17, 15) is 14.4 Å². The molecule has 0 aliphatic carbocycles. The Morgan fingerprint density at radius 2 is 1.62 bits per heavy atom. The Labute approximate surface area is 216 Å². The summed E-state index contributed by atoms with van der Waals surface area (Å²) in [5.41, 5.74) is 3.73. The second-order valence-electron chi connectivity index (χ2n) is 8.89. The van der Waals surface area contributed by atoms with Crippen molar-refractivity contribution in [1.82, 2.24) is 5.32 Å². The number of aryl methyl sites for hydroxylation is 1. The first kappa shape index (κ1) is 25.9. The molecule has 0 spiro atoms. The van der Waals surface area contributed by atoms with E-state index in [1.165, 1.54) is 6.92 Å². The van der Waals surface area contributed by atoms with Crippen LogP contribution in [0.15, 0.2) is 72.8 Å². The lowest BCUT2D eigenvalue weighted by atomic mass is 10.0. The molecule has 0 radical (unpaired) electrons. The van der Waals surface area contributed by atoms with Gasteiger partial charge in [0.2, 0.25) is 5.91 Å². The average Bonchev–Trinajstić information content (AvgIpc) is 2.90. The van der Waals surface area contributed by atoms with E-state index in [1.54, 1.807) is 36.4 Å². The van der Waals surface area contributed by atoms with Gasteiger partial charge < -0.3 is 25.0 Å². The highest BCUT2D eigenvalue weighted by atomic mass is 16.5. The van der Waals surface area contributed by atoms with E-state index in [4.69, 9.17) is 9.47 Å². The maximum Gasteiger partial charge on any atom is 0.308 e. The van der Waals surface area contributed by atoms with Gasteiger partial charge in [-0.05, 0) is 48.4 Å². The third-order valence-corrected chi connectivity index (χ3v) is 6.15. The van der Waals surface area contributed by atoms with E-state index >= 15 is 0 Å². The van der Waals surface area contributed by atoms with Crippen LogP contribution in [-0.2, 0) is 20.7 Å². The summed E-state index contributed by atoms with van der Waals surface area (Å²) >= 11 is 0. The highest BCUT2D eigenvalue weighted by molar-refractivity contribution is 6.03. The van der Waals surface area contributed by atoms with Crippen LogP contribution < -0.4 is 20.3 Å². The van der Waals surface area contributed by atoms with Crippen molar-refractivity contribution in [1.29, 1.82) is 0 Å². The molecule has 192 valence electrons. The summed E-state index contributed by atoms with van der Waals surface area (Å²) in [5, 5.41) is 5.95. The van der Waals surface area contributed by atoms with E-state index in [-0.39, 0.29) is 18.2 Å². The van der Waals surface area contributed by atoms with Crippen molar-refractivity contribution in [3.63, 3.8) is 0 Å². The fraction of sp³-hybridized carbons (Fsp3) is 0.276. The minimum atomic E-state index is -0.843. The van der Waals surface area contributed by atoms with Gasteiger partial charge in [0.1, 0.15) is 11.8 Å². The van der Waals surface area contributed by atoms with Gasteiger partial charge in [0.05, 0.1) is 24.6 Å². The number of carbonyl (C=O) groups excluding carboxylic acids is 3. The van der Waals surface area contributed by atoms with E-state index in [0.29, 0.717) is 30.2 Å². The Morgan fingerprint density at radius 1 is 0.946 bits per heavy atom. The number of hydrogen-bond acceptors (Lipinski definition) is 6. The molecular weight excluding hydrogens is 470 g/mol. The van der Waals surface area contributed by atoms with Crippen molar-refractivity contribution in [3.8, 4) is 5.75 Å². The van der Waals surface area contributed by atoms with Crippen molar-refractivity contribution in [2.75, 3.05) is 36.5 Å². The average molecular weight is 502 g/mol. The zero-order chi connectivity index (χ0) is 26.2. The molecule has 8 heteroatoms. The summed E-state index contributed by atoms with van der Waals surface area (Å²) in [6.07, 6.45) is 0.253. The van der Waals surface area contributed by atoms with Crippen LogP contribution in [0.4, 0.5) is 11.4 Å². The van der Waals surface area contributed by atoms with Crippen molar-refractivity contribution >= 4 is 29.2 Å². The Bertz CT molecular complexity index is 1250. The minimum absolute atomic E-state index is 0.253. The van der Waals surface area contributed by atoms with Gasteiger partial charge >= 0.3 is 5.97 Å². The standard InChI is InChI=1S/C29H31N3O5/c1-20-7-3-4-8-24(20)28(34)31-26(19-22-11-13-23(14-12-22)37-21(2)33)29(35)30-25-9-5-6-10-27(25)32-15-17-36-18-16-32/h3-14,26H,15-19H2,1-2H3,(H,30,35)(H,31,34). The third kappa shape index (κ3) is 6.95. The summed E-state index contributed by atoms with van der Waals surface area (Å²) in [7, 11) is 0. The summed E-state index contributed by atoms with van der Waals surface area (Å²) in [6, 6.07) is 20.9. The lowest BCUT2D eigenvalue weighted by Gasteiger charge is -2.31. The molecular formula is C29H31N3O5. The maximum atomic E-state index is 13.6. The van der Waals surface area contributed by atoms with Crippen LogP contribution in [0.3, 0.4) is 0 Å². The highest BCUT2D eigenvalue weighted by Crippen LogP contribution is 2.27. The molecule has 1 unspecified atom stereocenters. The second kappa shape index (κ2) is 12.2. The van der Waals surface area contributed by atoms with Crippen molar-refractivity contribution < 1.29 is 23.9 Å². The Kier molecular flexibility index (Phi) is 8.53. The summed E-state index contributed by atoms with van der Waals surface area (Å²) in [6.45, 7) is 5.91. The van der Waals surface area contributed by atoms with E-state index < -0.39 is 12.0 Å². The number of hydrogen-bond donors (Lipinski definition) is 2. The molecule has 1 aliphatic heterocycles. The first-order valence-corrected chi connectivity index (χ1v) is 12.3. The molecule has 4 rings (SSSR count). The summed E-state index contributed by atoms with van der Waals surface area (Å²) < 4.78 is 10.6. The summed E-state index contributed by atoms with van der Waals surface area (Å²) in [5.74, 6) is -0.641. The molecule has 2 amide bonds. The molecule has 3 aromatic rings. The number of rotatable bonds is 8. The van der Waals surface area contributed by atoms with Gasteiger partial charge in [0, 0.05) is 32.0 Å². The van der Waals surface area contributed by atoms with Crippen LogP contribution in [0.25, 0.3) is 0 Å². The van der Waals surface area contributed by atoms with Crippen LogP contribution in [-0.4, -0.2) is 50.1 Å². The Morgan fingerprint density at radius 3 is 2.32 bits per heavy atom. The molecule has 1 heterocycles. The highest BCUT2D eigenvalue weighted by Gasteiger charge is 2.24. The number of nitrogens with one attached hydrogen (secondary N) is 2. The molecule has 2 N–H and O–H groups in total. The normalized spacial score (nSPS) is 13.9. The van der Waals surface area contributed by atoms with Crippen molar-refractivity contribution in [3.05, 3.63) is 89.5 Å². The first-order chi connectivity index (χ1) is 17.9. The quantitative estimate of drug-likeness (QED) is 0.361. The monoisotopic (exact) mass is 501 g/mol. The van der Waals surface area contributed by atoms with E-state index in [2.05, 4.69) is 15.5 Å². The van der Waals surface area contributed by atoms with E-state index in [1.807, 2.05) is 43.3 Å². The van der Waals surface area contributed by atoms with Crippen LogP contribution in [0.5, 0.6) is 5.75 Å². The lowest BCUT2D eigenvalue weighted by Crippen LogP contribution is -2.45. The minimum Gasteiger partial charge on any atom is -0.427 e. The van der Waals surface area contributed by atoms with Crippen LogP contribution in [0.1, 0.15) is 28.4 Å². The van der Waals surface area contributed by atoms with Crippen LogP contribution in [0, 0.1) is 6.92 Å². The van der Waals surface area contributed by atoms with Gasteiger partial charge in [-0.3, -0.25) is 14.4 Å². The number of para-hydroxylation sites is 2. The largest absolute Gasteiger partial charge is 0.427 e. The smallest absolute Gasteiger partial charge is 0.308 e. The fourth-order valence-corrected chi connectivity index (χ4v) is 4.25. The zero-order valence-corrected chi connectivity index (χ0v) is 21.0. The van der Waals surface area contributed by atoms with Crippen LogP contribution in [0.2, 0.25) is 0 Å². The zero-order valence-electron chi connectivity index (χ0n) is 21.0. The number of morpholine rings is 1. The van der Waals surface area contributed by atoms with Gasteiger partial charge in [-0.1, -0.05) is 42.5 Å².